The number of aryl methyl sites for hydroxylation is 1. The van der Waals surface area contributed by atoms with Gasteiger partial charge in [-0.05, 0) is 36.2 Å². The van der Waals surface area contributed by atoms with Gasteiger partial charge in [0, 0.05) is 36.6 Å². The summed E-state index contributed by atoms with van der Waals surface area (Å²) in [6, 6.07) is 15.1. The largest absolute Gasteiger partial charge is 0.507 e. The highest BCUT2D eigenvalue weighted by atomic mass is 16.6. The first kappa shape index (κ1) is 20.9. The fourth-order valence-corrected chi connectivity index (χ4v) is 3.72. The Balaban J connectivity index is 1.85. The van der Waals surface area contributed by atoms with Crippen molar-refractivity contribution in [2.45, 2.75) is 19.5 Å². The molecule has 1 aromatic heterocycles. The number of nitro groups is 1. The van der Waals surface area contributed by atoms with Gasteiger partial charge in [-0.3, -0.25) is 24.7 Å². The predicted octanol–water partition coefficient (Wildman–Crippen LogP) is 3.92. The van der Waals surface area contributed by atoms with Crippen LogP contribution < -0.4 is 0 Å². The monoisotopic (exact) mass is 429 g/mol. The van der Waals surface area contributed by atoms with E-state index in [-0.39, 0.29) is 23.6 Å². The number of hydrogen-bond acceptors (Lipinski definition) is 6. The summed E-state index contributed by atoms with van der Waals surface area (Å²) in [5.41, 5.74) is 2.39. The molecule has 8 nitrogen and oxygen atoms in total. The van der Waals surface area contributed by atoms with Crippen LogP contribution in [0.4, 0.5) is 5.69 Å². The molecule has 1 fully saturated rings. The van der Waals surface area contributed by atoms with Gasteiger partial charge in [-0.2, -0.15) is 0 Å². The van der Waals surface area contributed by atoms with Crippen LogP contribution in [0.15, 0.2) is 78.6 Å². The van der Waals surface area contributed by atoms with E-state index in [4.69, 9.17) is 0 Å². The number of amides is 1. The van der Waals surface area contributed by atoms with Gasteiger partial charge in [0.15, 0.2) is 0 Å². The molecule has 0 aliphatic carbocycles. The number of nitrogens with zero attached hydrogens (tertiary/aromatic N) is 3. The molecule has 1 unspecified atom stereocenters. The highest BCUT2D eigenvalue weighted by Crippen LogP contribution is 2.40. The number of carbonyl (C=O) groups excluding carboxylic acids is 2. The van der Waals surface area contributed by atoms with E-state index in [9.17, 15) is 24.8 Å². The maximum Gasteiger partial charge on any atom is 0.295 e. The summed E-state index contributed by atoms with van der Waals surface area (Å²) >= 11 is 0. The average Bonchev–Trinajstić information content (AvgIpc) is 3.05. The van der Waals surface area contributed by atoms with Crippen LogP contribution in [0, 0.1) is 17.0 Å². The second kappa shape index (κ2) is 8.43. The number of hydrogen-bond donors (Lipinski definition) is 1. The number of likely N-dealkylation sites (tertiary alicyclic amines) is 1. The number of nitro benzene ring substituents is 1. The summed E-state index contributed by atoms with van der Waals surface area (Å²) in [5, 5.41) is 22.1. The zero-order valence-corrected chi connectivity index (χ0v) is 17.1. The van der Waals surface area contributed by atoms with Crippen LogP contribution in [0.25, 0.3) is 5.76 Å². The summed E-state index contributed by atoms with van der Waals surface area (Å²) in [6.45, 7) is 1.98. The molecule has 3 aromatic rings. The highest BCUT2D eigenvalue weighted by Gasteiger charge is 2.46. The SMILES string of the molecule is Cc1ccc(C(O)=C2C(=O)C(=O)N(Cc3cccnc3)C2c2ccc([N+](=O)[O-])cc2)cc1. The summed E-state index contributed by atoms with van der Waals surface area (Å²) in [7, 11) is 0. The summed E-state index contributed by atoms with van der Waals surface area (Å²) in [5.74, 6) is -1.86. The number of Topliss-reactive ketones (excluding diaryl/α,β-unsaturated/α-hetero) is 1. The first-order chi connectivity index (χ1) is 15.4. The molecular weight excluding hydrogens is 410 g/mol. The molecule has 1 aliphatic rings. The van der Waals surface area contributed by atoms with Crippen molar-refractivity contribution in [2.24, 2.45) is 0 Å². The molecule has 160 valence electrons. The van der Waals surface area contributed by atoms with Crippen LogP contribution in [0.5, 0.6) is 0 Å². The Labute approximate surface area is 183 Å². The van der Waals surface area contributed by atoms with Crippen molar-refractivity contribution in [1.82, 2.24) is 9.88 Å². The lowest BCUT2D eigenvalue weighted by atomic mass is 9.95. The van der Waals surface area contributed by atoms with E-state index in [0.29, 0.717) is 16.7 Å². The van der Waals surface area contributed by atoms with Crippen LogP contribution in [0.3, 0.4) is 0 Å². The quantitative estimate of drug-likeness (QED) is 0.216. The van der Waals surface area contributed by atoms with E-state index < -0.39 is 22.7 Å². The number of non-ortho nitro benzene ring substituents is 1. The third kappa shape index (κ3) is 3.85. The maximum absolute atomic E-state index is 13.0. The Bertz CT molecular complexity index is 1220. The van der Waals surface area contributed by atoms with Gasteiger partial charge in [-0.1, -0.05) is 35.9 Å². The lowest BCUT2D eigenvalue weighted by molar-refractivity contribution is -0.384. The van der Waals surface area contributed by atoms with Crippen molar-refractivity contribution in [2.75, 3.05) is 0 Å². The third-order valence-electron chi connectivity index (χ3n) is 5.36. The van der Waals surface area contributed by atoms with Crippen LogP contribution in [-0.2, 0) is 16.1 Å². The number of aromatic nitrogens is 1. The van der Waals surface area contributed by atoms with Crippen molar-refractivity contribution < 1.29 is 19.6 Å². The molecule has 32 heavy (non-hydrogen) atoms. The van der Waals surface area contributed by atoms with E-state index >= 15 is 0 Å². The minimum absolute atomic E-state index is 0.0587. The van der Waals surface area contributed by atoms with Crippen LogP contribution in [-0.4, -0.2) is 31.6 Å². The van der Waals surface area contributed by atoms with Gasteiger partial charge in [0.05, 0.1) is 16.5 Å². The Kier molecular flexibility index (Phi) is 5.51. The third-order valence-corrected chi connectivity index (χ3v) is 5.36. The van der Waals surface area contributed by atoms with Crippen LogP contribution in [0.2, 0.25) is 0 Å². The molecule has 1 amide bonds. The standard InChI is InChI=1S/C24H19N3O5/c1-15-4-6-18(7-5-15)22(28)20-21(17-8-10-19(11-9-17)27(31)32)26(24(30)23(20)29)14-16-3-2-12-25-13-16/h2-13,21,28H,14H2,1H3. The second-order valence-electron chi connectivity index (χ2n) is 7.50. The highest BCUT2D eigenvalue weighted by molar-refractivity contribution is 6.46. The second-order valence-corrected chi connectivity index (χ2v) is 7.50. The van der Waals surface area contributed by atoms with Gasteiger partial charge >= 0.3 is 0 Å². The van der Waals surface area contributed by atoms with Gasteiger partial charge in [0.2, 0.25) is 0 Å². The van der Waals surface area contributed by atoms with Crippen molar-refractivity contribution in [3.63, 3.8) is 0 Å². The smallest absolute Gasteiger partial charge is 0.295 e. The molecule has 2 aromatic carbocycles. The minimum Gasteiger partial charge on any atom is -0.507 e. The van der Waals surface area contributed by atoms with E-state index in [1.54, 1.807) is 48.8 Å². The number of aliphatic hydroxyl groups excluding tert-OH is 1. The Morgan fingerprint density at radius 3 is 2.38 bits per heavy atom. The normalized spacial score (nSPS) is 17.5. The number of carbonyl (C=O) groups is 2. The average molecular weight is 429 g/mol. The van der Waals surface area contributed by atoms with Crippen LogP contribution >= 0.6 is 0 Å². The zero-order chi connectivity index (χ0) is 22.8. The van der Waals surface area contributed by atoms with E-state index in [2.05, 4.69) is 4.98 Å². The van der Waals surface area contributed by atoms with Crippen molar-refractivity contribution in [3.05, 3.63) is 111 Å². The zero-order valence-electron chi connectivity index (χ0n) is 17.1. The molecule has 2 heterocycles. The summed E-state index contributed by atoms with van der Waals surface area (Å²) < 4.78 is 0. The molecule has 8 heteroatoms. The molecule has 0 spiro atoms. The number of pyridine rings is 1. The van der Waals surface area contributed by atoms with E-state index in [1.165, 1.54) is 29.2 Å². The Hall–Kier alpha value is -4.33. The molecule has 0 saturated carbocycles. The molecule has 1 N–H and O–H groups in total. The first-order valence-electron chi connectivity index (χ1n) is 9.85. The van der Waals surface area contributed by atoms with Gasteiger partial charge in [0.1, 0.15) is 5.76 Å². The molecule has 0 bridgehead atoms. The summed E-state index contributed by atoms with van der Waals surface area (Å²) in [6.07, 6.45) is 3.19. The fraction of sp³-hybridized carbons (Fsp3) is 0.125. The summed E-state index contributed by atoms with van der Waals surface area (Å²) in [4.78, 5) is 41.9. The predicted molar refractivity (Wildman–Crippen MR) is 116 cm³/mol. The van der Waals surface area contributed by atoms with Crippen molar-refractivity contribution in [3.8, 4) is 0 Å². The molecule has 1 atom stereocenters. The number of aliphatic hydroxyl groups is 1. The lowest BCUT2D eigenvalue weighted by Crippen LogP contribution is -2.29. The van der Waals surface area contributed by atoms with Crippen molar-refractivity contribution in [1.29, 1.82) is 0 Å². The maximum atomic E-state index is 13.0. The minimum atomic E-state index is -0.905. The van der Waals surface area contributed by atoms with Gasteiger partial charge < -0.3 is 10.0 Å². The molecule has 1 saturated heterocycles. The topological polar surface area (TPSA) is 114 Å². The van der Waals surface area contributed by atoms with E-state index in [0.717, 1.165) is 5.56 Å². The fourth-order valence-electron chi connectivity index (χ4n) is 3.72. The van der Waals surface area contributed by atoms with Crippen LogP contribution in [0.1, 0.15) is 28.3 Å². The van der Waals surface area contributed by atoms with Gasteiger partial charge in [0.25, 0.3) is 17.4 Å². The van der Waals surface area contributed by atoms with Gasteiger partial charge in [-0.15, -0.1) is 0 Å². The number of ketones is 1. The Morgan fingerprint density at radius 1 is 1.09 bits per heavy atom. The molecule has 1 aliphatic heterocycles. The Morgan fingerprint density at radius 2 is 1.78 bits per heavy atom. The molecule has 0 radical (unpaired) electrons. The van der Waals surface area contributed by atoms with E-state index in [1.807, 2.05) is 6.92 Å². The van der Waals surface area contributed by atoms with Crippen molar-refractivity contribution >= 4 is 23.1 Å². The molecule has 4 rings (SSSR count). The lowest BCUT2D eigenvalue weighted by Gasteiger charge is -2.25. The molecular formula is C24H19N3O5. The first-order valence-corrected chi connectivity index (χ1v) is 9.85. The number of rotatable bonds is 5. The number of benzene rings is 2. The van der Waals surface area contributed by atoms with Gasteiger partial charge in [-0.25, -0.2) is 0 Å².